The highest BCUT2D eigenvalue weighted by Gasteiger charge is 2.19. The highest BCUT2D eigenvalue weighted by molar-refractivity contribution is 5.71. The van der Waals surface area contributed by atoms with Crippen LogP contribution in [0, 0.1) is 0 Å². The number of esters is 3. The van der Waals surface area contributed by atoms with Gasteiger partial charge >= 0.3 is 17.9 Å². The first-order valence-corrected chi connectivity index (χ1v) is 28.1. The molecule has 0 amide bonds. The zero-order valence-corrected chi connectivity index (χ0v) is 43.9. The molecule has 0 saturated heterocycles. The number of ether oxygens (including phenoxy) is 3. The molecule has 0 rings (SSSR count). The topological polar surface area (TPSA) is 78.9 Å². The summed E-state index contributed by atoms with van der Waals surface area (Å²) < 4.78 is 16.8. The monoisotopic (exact) mass is 933 g/mol. The molecule has 384 valence electrons. The van der Waals surface area contributed by atoms with Crippen LogP contribution >= 0.6 is 0 Å². The molecule has 1 unspecified atom stereocenters. The van der Waals surface area contributed by atoms with Crippen LogP contribution in [0.3, 0.4) is 0 Å². The Morgan fingerprint density at radius 3 is 1.01 bits per heavy atom. The lowest BCUT2D eigenvalue weighted by molar-refractivity contribution is -0.167. The molecule has 0 aliphatic carbocycles. The number of carbonyl (C=O) groups is 3. The van der Waals surface area contributed by atoms with E-state index in [-0.39, 0.29) is 31.1 Å². The molecule has 0 aliphatic heterocycles. The van der Waals surface area contributed by atoms with Gasteiger partial charge in [0.2, 0.25) is 0 Å². The van der Waals surface area contributed by atoms with Crippen molar-refractivity contribution in [2.45, 2.75) is 271 Å². The SMILES string of the molecule is CC/C=C\C/C=C\C/C=C\C/C=C\C/C=C\C/C=C\CCCCC(=O)OCC(COC(=O)CCCCCCC/C=C\CCC)OC(=O)CCCCCCCCCCCCCCCCCCCC. The largest absolute Gasteiger partial charge is 0.462 e. The zero-order chi connectivity index (χ0) is 48.6. The van der Waals surface area contributed by atoms with Gasteiger partial charge in [0.25, 0.3) is 0 Å². The van der Waals surface area contributed by atoms with E-state index in [1.54, 1.807) is 0 Å². The molecule has 0 aromatic carbocycles. The number of hydrogen-bond acceptors (Lipinski definition) is 6. The summed E-state index contributed by atoms with van der Waals surface area (Å²) in [4.78, 5) is 38.0. The first-order chi connectivity index (χ1) is 33.0. The number of carbonyl (C=O) groups excluding carboxylic acids is 3. The fourth-order valence-electron chi connectivity index (χ4n) is 7.68. The predicted octanol–water partition coefficient (Wildman–Crippen LogP) is 18.8. The van der Waals surface area contributed by atoms with E-state index in [0.29, 0.717) is 19.3 Å². The van der Waals surface area contributed by atoms with Gasteiger partial charge in [0.05, 0.1) is 0 Å². The van der Waals surface area contributed by atoms with Crippen LogP contribution in [0.1, 0.15) is 265 Å². The average molecular weight is 933 g/mol. The number of rotatable bonds is 50. The lowest BCUT2D eigenvalue weighted by Crippen LogP contribution is -2.30. The Morgan fingerprint density at radius 1 is 0.313 bits per heavy atom. The summed E-state index contributed by atoms with van der Waals surface area (Å²) in [6.07, 6.45) is 71.5. The Kier molecular flexibility index (Phi) is 52.4. The van der Waals surface area contributed by atoms with Gasteiger partial charge in [-0.05, 0) is 89.9 Å². The number of allylic oxidation sites excluding steroid dienone is 14. The standard InChI is InChI=1S/C61H104O6/c1-4-7-10-13-16-19-22-24-26-28-30-31-32-34-35-37-39-42-45-48-51-54-60(63)66-57-58(56-65-59(62)53-50-47-44-41-21-18-15-12-9-6-3)67-61(64)55-52-49-46-43-40-38-36-33-29-27-25-23-20-17-14-11-8-5-2/h7,10,12,15-16,19,24,26,30-31,34-35,39,42,58H,4-6,8-9,11,13-14,17-18,20-23,25,27-29,32-33,36-38,40-41,43-57H2,1-3H3/b10-7-,15-12-,19-16-,26-24-,31-30-,35-34-,42-39-. The van der Waals surface area contributed by atoms with Crippen molar-refractivity contribution in [2.24, 2.45) is 0 Å². The van der Waals surface area contributed by atoms with Gasteiger partial charge in [-0.3, -0.25) is 14.4 Å². The van der Waals surface area contributed by atoms with E-state index >= 15 is 0 Å². The van der Waals surface area contributed by atoms with E-state index in [9.17, 15) is 14.4 Å². The second kappa shape index (κ2) is 55.2. The van der Waals surface area contributed by atoms with Crippen LogP contribution in [0.25, 0.3) is 0 Å². The molecule has 6 heteroatoms. The first kappa shape index (κ1) is 63.6. The van der Waals surface area contributed by atoms with Crippen LogP contribution in [0.15, 0.2) is 85.1 Å². The van der Waals surface area contributed by atoms with Gasteiger partial charge in [0.1, 0.15) is 13.2 Å². The molecule has 0 aromatic rings. The summed E-state index contributed by atoms with van der Waals surface area (Å²) >= 11 is 0. The van der Waals surface area contributed by atoms with Crippen molar-refractivity contribution in [2.75, 3.05) is 13.2 Å². The van der Waals surface area contributed by atoms with Gasteiger partial charge in [-0.2, -0.15) is 0 Å². The molecule has 67 heavy (non-hydrogen) atoms. The maximum atomic E-state index is 12.8. The smallest absolute Gasteiger partial charge is 0.306 e. The van der Waals surface area contributed by atoms with Gasteiger partial charge in [0.15, 0.2) is 6.10 Å². The molecule has 6 nitrogen and oxygen atoms in total. The number of unbranched alkanes of at least 4 members (excludes halogenated alkanes) is 25. The molecule has 0 aliphatic rings. The van der Waals surface area contributed by atoms with Crippen LogP contribution < -0.4 is 0 Å². The molecule has 0 aromatic heterocycles. The Labute approximate surface area is 414 Å². The highest BCUT2D eigenvalue weighted by atomic mass is 16.6. The summed E-state index contributed by atoms with van der Waals surface area (Å²) in [5.74, 6) is -0.943. The lowest BCUT2D eigenvalue weighted by atomic mass is 10.0. The Morgan fingerprint density at radius 2 is 0.612 bits per heavy atom. The van der Waals surface area contributed by atoms with E-state index < -0.39 is 6.10 Å². The molecule has 0 saturated carbocycles. The van der Waals surface area contributed by atoms with Gasteiger partial charge in [0, 0.05) is 19.3 Å². The summed E-state index contributed by atoms with van der Waals surface area (Å²) in [5.41, 5.74) is 0. The molecule has 0 bridgehead atoms. The van der Waals surface area contributed by atoms with Crippen LogP contribution in [0.2, 0.25) is 0 Å². The van der Waals surface area contributed by atoms with E-state index in [2.05, 4.69) is 106 Å². The van der Waals surface area contributed by atoms with Crippen LogP contribution in [-0.2, 0) is 28.6 Å². The van der Waals surface area contributed by atoms with Crippen LogP contribution in [0.4, 0.5) is 0 Å². The second-order valence-electron chi connectivity index (χ2n) is 18.5. The molecular weight excluding hydrogens is 829 g/mol. The Hall–Kier alpha value is -3.41. The minimum atomic E-state index is -0.796. The fraction of sp³-hybridized carbons (Fsp3) is 0.721. The normalized spacial score (nSPS) is 12.7. The van der Waals surface area contributed by atoms with Crippen LogP contribution in [0.5, 0.6) is 0 Å². The summed E-state index contributed by atoms with van der Waals surface area (Å²) in [7, 11) is 0. The zero-order valence-electron chi connectivity index (χ0n) is 43.9. The van der Waals surface area contributed by atoms with E-state index in [4.69, 9.17) is 14.2 Å². The Bertz CT molecular complexity index is 1300. The van der Waals surface area contributed by atoms with Crippen molar-refractivity contribution in [3.8, 4) is 0 Å². The third-order valence-corrected chi connectivity index (χ3v) is 11.9. The summed E-state index contributed by atoms with van der Waals surface area (Å²) in [5, 5.41) is 0. The predicted molar refractivity (Wildman–Crippen MR) is 288 cm³/mol. The molecule has 0 heterocycles. The maximum absolute atomic E-state index is 12.8. The van der Waals surface area contributed by atoms with Crippen molar-refractivity contribution in [3.63, 3.8) is 0 Å². The quantitative estimate of drug-likeness (QED) is 0.0262. The van der Waals surface area contributed by atoms with E-state index in [1.165, 1.54) is 109 Å². The van der Waals surface area contributed by atoms with Gasteiger partial charge in [-0.15, -0.1) is 0 Å². The summed E-state index contributed by atoms with van der Waals surface area (Å²) in [6.45, 7) is 6.43. The fourth-order valence-corrected chi connectivity index (χ4v) is 7.68. The highest BCUT2D eigenvalue weighted by Crippen LogP contribution is 2.16. The first-order valence-electron chi connectivity index (χ1n) is 28.1. The van der Waals surface area contributed by atoms with Crippen molar-refractivity contribution >= 4 is 17.9 Å². The molecular formula is C61H104O6. The third kappa shape index (κ3) is 53.4. The van der Waals surface area contributed by atoms with Crippen LogP contribution in [-0.4, -0.2) is 37.2 Å². The minimum absolute atomic E-state index is 0.0935. The summed E-state index contributed by atoms with van der Waals surface area (Å²) in [6, 6.07) is 0. The van der Waals surface area contributed by atoms with Crippen molar-refractivity contribution in [3.05, 3.63) is 85.1 Å². The molecule has 1 atom stereocenters. The number of hydrogen-bond donors (Lipinski definition) is 0. The molecule has 0 radical (unpaired) electrons. The maximum Gasteiger partial charge on any atom is 0.306 e. The van der Waals surface area contributed by atoms with Crippen molar-refractivity contribution in [1.29, 1.82) is 0 Å². The van der Waals surface area contributed by atoms with Gasteiger partial charge in [-0.25, -0.2) is 0 Å². The third-order valence-electron chi connectivity index (χ3n) is 11.9. The second-order valence-corrected chi connectivity index (χ2v) is 18.5. The van der Waals surface area contributed by atoms with Gasteiger partial charge in [-0.1, -0.05) is 241 Å². The van der Waals surface area contributed by atoms with Gasteiger partial charge < -0.3 is 14.2 Å². The van der Waals surface area contributed by atoms with E-state index in [0.717, 1.165) is 116 Å². The lowest BCUT2D eigenvalue weighted by Gasteiger charge is -2.18. The molecule has 0 fully saturated rings. The van der Waals surface area contributed by atoms with Crippen molar-refractivity contribution < 1.29 is 28.6 Å². The average Bonchev–Trinajstić information content (AvgIpc) is 3.33. The molecule has 0 spiro atoms. The van der Waals surface area contributed by atoms with Crippen molar-refractivity contribution in [1.82, 2.24) is 0 Å². The molecule has 0 N–H and O–H groups in total. The Balaban J connectivity index is 4.39. The van der Waals surface area contributed by atoms with E-state index in [1.807, 2.05) is 0 Å². The minimum Gasteiger partial charge on any atom is -0.462 e.